The molecule has 100 valence electrons. The van der Waals surface area contributed by atoms with Gasteiger partial charge in [0, 0.05) is 11.7 Å². The molecule has 0 saturated heterocycles. The normalized spacial score (nSPS) is 21.5. The summed E-state index contributed by atoms with van der Waals surface area (Å²) in [5.74, 6) is 0. The second-order valence-corrected chi connectivity index (χ2v) is 6.12. The molecule has 1 heterocycles. The van der Waals surface area contributed by atoms with Gasteiger partial charge < -0.3 is 10.3 Å². The van der Waals surface area contributed by atoms with E-state index in [9.17, 15) is 0 Å². The number of aromatic amines is 1. The average Bonchev–Trinajstić information content (AvgIpc) is 3.01. The molecule has 0 bridgehead atoms. The van der Waals surface area contributed by atoms with Gasteiger partial charge in [0.15, 0.2) is 0 Å². The molecule has 3 heteroatoms. The van der Waals surface area contributed by atoms with Gasteiger partial charge in [-0.25, -0.2) is 4.98 Å². The molecule has 19 heavy (non-hydrogen) atoms. The molecule has 1 unspecified atom stereocenters. The summed E-state index contributed by atoms with van der Waals surface area (Å²) >= 11 is 0. The molecule has 2 aromatic rings. The smallest absolute Gasteiger partial charge is 0.0924 e. The van der Waals surface area contributed by atoms with Crippen molar-refractivity contribution in [2.45, 2.75) is 39.2 Å². The van der Waals surface area contributed by atoms with Gasteiger partial charge in [0.25, 0.3) is 0 Å². The van der Waals surface area contributed by atoms with Gasteiger partial charge in [-0.2, -0.15) is 0 Å². The number of benzene rings is 1. The van der Waals surface area contributed by atoms with Crippen LogP contribution in [0.25, 0.3) is 11.3 Å². The molecule has 2 N–H and O–H groups in total. The van der Waals surface area contributed by atoms with Gasteiger partial charge in [-0.15, -0.1) is 0 Å². The lowest BCUT2D eigenvalue weighted by Crippen LogP contribution is -2.30. The summed E-state index contributed by atoms with van der Waals surface area (Å²) in [7, 11) is 0. The fourth-order valence-corrected chi connectivity index (χ4v) is 2.96. The van der Waals surface area contributed by atoms with Crippen LogP contribution < -0.4 is 5.32 Å². The Morgan fingerprint density at radius 2 is 2.05 bits per heavy atom. The SMILES string of the molecule is CC1(C)CCCC1Nc1ccc(-c2cnc[nH]2)cc1. The Labute approximate surface area is 114 Å². The van der Waals surface area contributed by atoms with E-state index in [-0.39, 0.29) is 0 Å². The maximum absolute atomic E-state index is 4.05. The molecular weight excluding hydrogens is 234 g/mol. The van der Waals surface area contributed by atoms with E-state index in [0.29, 0.717) is 11.5 Å². The molecule has 1 atom stereocenters. The summed E-state index contributed by atoms with van der Waals surface area (Å²) in [6, 6.07) is 9.18. The largest absolute Gasteiger partial charge is 0.382 e. The first-order chi connectivity index (χ1) is 9.15. The van der Waals surface area contributed by atoms with Crippen LogP contribution in [0.2, 0.25) is 0 Å². The Morgan fingerprint density at radius 1 is 1.26 bits per heavy atom. The van der Waals surface area contributed by atoms with E-state index in [2.05, 4.69) is 53.4 Å². The lowest BCUT2D eigenvalue weighted by atomic mass is 9.87. The molecule has 1 fully saturated rings. The molecule has 0 spiro atoms. The zero-order valence-electron chi connectivity index (χ0n) is 11.6. The Bertz CT molecular complexity index is 526. The van der Waals surface area contributed by atoms with Crippen molar-refractivity contribution >= 4 is 5.69 Å². The zero-order chi connectivity index (χ0) is 13.3. The Balaban J connectivity index is 1.73. The molecule has 0 amide bonds. The van der Waals surface area contributed by atoms with Gasteiger partial charge in [0.2, 0.25) is 0 Å². The second kappa shape index (κ2) is 4.72. The molecule has 3 rings (SSSR count). The fraction of sp³-hybridized carbons (Fsp3) is 0.438. The summed E-state index contributed by atoms with van der Waals surface area (Å²) in [6.07, 6.45) is 7.48. The van der Waals surface area contributed by atoms with Crippen molar-refractivity contribution in [1.29, 1.82) is 0 Å². The molecular formula is C16H21N3. The van der Waals surface area contributed by atoms with Gasteiger partial charge >= 0.3 is 0 Å². The van der Waals surface area contributed by atoms with Crippen LogP contribution in [0.3, 0.4) is 0 Å². The van der Waals surface area contributed by atoms with Crippen molar-refractivity contribution in [3.63, 3.8) is 0 Å². The van der Waals surface area contributed by atoms with E-state index < -0.39 is 0 Å². The lowest BCUT2D eigenvalue weighted by Gasteiger charge is -2.28. The molecule has 1 aromatic carbocycles. The van der Waals surface area contributed by atoms with Crippen molar-refractivity contribution in [1.82, 2.24) is 9.97 Å². The highest BCUT2D eigenvalue weighted by Gasteiger charge is 2.34. The first-order valence-corrected chi connectivity index (χ1v) is 7.00. The van der Waals surface area contributed by atoms with Crippen LogP contribution >= 0.6 is 0 Å². The van der Waals surface area contributed by atoms with E-state index >= 15 is 0 Å². The summed E-state index contributed by atoms with van der Waals surface area (Å²) in [5, 5.41) is 3.68. The number of H-pyrrole nitrogens is 1. The van der Waals surface area contributed by atoms with Gasteiger partial charge in [-0.05, 0) is 36.0 Å². The summed E-state index contributed by atoms with van der Waals surface area (Å²) in [4.78, 5) is 7.18. The number of hydrogen-bond donors (Lipinski definition) is 2. The van der Waals surface area contributed by atoms with E-state index in [1.165, 1.54) is 30.5 Å². The molecule has 1 aromatic heterocycles. The number of rotatable bonds is 3. The predicted octanol–water partition coefficient (Wildman–Crippen LogP) is 4.07. The van der Waals surface area contributed by atoms with Crippen molar-refractivity contribution in [3.05, 3.63) is 36.8 Å². The predicted molar refractivity (Wildman–Crippen MR) is 79.1 cm³/mol. The molecule has 0 radical (unpaired) electrons. The van der Waals surface area contributed by atoms with E-state index in [4.69, 9.17) is 0 Å². The van der Waals surface area contributed by atoms with Crippen LogP contribution in [-0.4, -0.2) is 16.0 Å². The Kier molecular flexibility index (Phi) is 3.05. The summed E-state index contributed by atoms with van der Waals surface area (Å²) < 4.78 is 0. The maximum Gasteiger partial charge on any atom is 0.0924 e. The fourth-order valence-electron chi connectivity index (χ4n) is 2.96. The van der Waals surface area contributed by atoms with Crippen LogP contribution in [0.1, 0.15) is 33.1 Å². The number of hydrogen-bond acceptors (Lipinski definition) is 2. The third-order valence-corrected chi connectivity index (χ3v) is 4.29. The van der Waals surface area contributed by atoms with E-state index in [0.717, 1.165) is 5.69 Å². The molecule has 3 nitrogen and oxygen atoms in total. The quantitative estimate of drug-likeness (QED) is 0.868. The van der Waals surface area contributed by atoms with Crippen LogP contribution in [0.5, 0.6) is 0 Å². The van der Waals surface area contributed by atoms with E-state index in [1.807, 2.05) is 6.20 Å². The lowest BCUT2D eigenvalue weighted by molar-refractivity contribution is 0.350. The van der Waals surface area contributed by atoms with Crippen LogP contribution in [-0.2, 0) is 0 Å². The molecule has 0 aliphatic heterocycles. The Hall–Kier alpha value is -1.77. The first-order valence-electron chi connectivity index (χ1n) is 7.00. The van der Waals surface area contributed by atoms with Crippen molar-refractivity contribution in [2.75, 3.05) is 5.32 Å². The number of imidazole rings is 1. The highest BCUT2D eigenvalue weighted by molar-refractivity contribution is 5.62. The standard InChI is InChI=1S/C16H21N3/c1-16(2)9-3-4-15(16)19-13-7-5-12(6-8-13)14-10-17-11-18-14/h5-8,10-11,15,19H,3-4,9H2,1-2H3,(H,17,18). The minimum absolute atomic E-state index is 0.405. The topological polar surface area (TPSA) is 40.7 Å². The van der Waals surface area contributed by atoms with E-state index in [1.54, 1.807) is 6.33 Å². The highest BCUT2D eigenvalue weighted by Crippen LogP contribution is 2.39. The van der Waals surface area contributed by atoms with Gasteiger partial charge in [-0.1, -0.05) is 32.4 Å². The summed E-state index contributed by atoms with van der Waals surface area (Å²) in [5.41, 5.74) is 3.85. The Morgan fingerprint density at radius 3 is 2.63 bits per heavy atom. The minimum Gasteiger partial charge on any atom is -0.382 e. The van der Waals surface area contributed by atoms with Gasteiger partial charge in [-0.3, -0.25) is 0 Å². The average molecular weight is 255 g/mol. The van der Waals surface area contributed by atoms with Crippen molar-refractivity contribution in [2.24, 2.45) is 5.41 Å². The molecule has 1 saturated carbocycles. The second-order valence-electron chi connectivity index (χ2n) is 6.12. The van der Waals surface area contributed by atoms with Gasteiger partial charge in [0.05, 0.1) is 18.2 Å². The zero-order valence-corrected chi connectivity index (χ0v) is 11.6. The maximum atomic E-state index is 4.05. The first kappa shape index (κ1) is 12.3. The molecule has 1 aliphatic carbocycles. The summed E-state index contributed by atoms with van der Waals surface area (Å²) in [6.45, 7) is 4.72. The van der Waals surface area contributed by atoms with Crippen molar-refractivity contribution in [3.8, 4) is 11.3 Å². The number of nitrogens with zero attached hydrogens (tertiary/aromatic N) is 1. The van der Waals surface area contributed by atoms with Crippen LogP contribution in [0.15, 0.2) is 36.8 Å². The highest BCUT2D eigenvalue weighted by atomic mass is 14.9. The monoisotopic (exact) mass is 255 g/mol. The third kappa shape index (κ3) is 2.50. The van der Waals surface area contributed by atoms with Crippen molar-refractivity contribution < 1.29 is 0 Å². The number of anilines is 1. The molecule has 1 aliphatic rings. The minimum atomic E-state index is 0.405. The third-order valence-electron chi connectivity index (χ3n) is 4.29. The van der Waals surface area contributed by atoms with Gasteiger partial charge in [0.1, 0.15) is 0 Å². The van der Waals surface area contributed by atoms with Crippen LogP contribution in [0.4, 0.5) is 5.69 Å². The van der Waals surface area contributed by atoms with Crippen LogP contribution in [0, 0.1) is 5.41 Å². The number of nitrogens with one attached hydrogen (secondary N) is 2. The number of aromatic nitrogens is 2.